The summed E-state index contributed by atoms with van der Waals surface area (Å²) >= 11 is 0. The van der Waals surface area contributed by atoms with E-state index >= 15 is 0 Å². The molecule has 0 N–H and O–H groups in total. The molecule has 0 bridgehead atoms. The average molecular weight is 882 g/mol. The molecule has 274 valence electrons. The zero-order valence-corrected chi connectivity index (χ0v) is 34.6. The third kappa shape index (κ3) is 7.78. The van der Waals surface area contributed by atoms with Gasteiger partial charge < -0.3 is 9.30 Å². The Morgan fingerprint density at radius 2 is 1.55 bits per heavy atom. The SMILES string of the molecule is CCCCc1ccnc(-n2c3[c-]c(Oc4[c-]c(-n5nc(C)c(-c6c(C)cccc6C)c5CCC(C)C)cc(C(C)C)c4)ccc3c3ccccc32)c1.[Pt+2]. The number of aromatic nitrogens is 4. The van der Waals surface area contributed by atoms with Crippen molar-refractivity contribution in [2.75, 3.05) is 0 Å². The number of unbranched alkanes of at least 4 members (excludes halogenated alkanes) is 1. The summed E-state index contributed by atoms with van der Waals surface area (Å²) in [6.07, 6.45) is 7.25. The number of pyridine rings is 1. The third-order valence-electron chi connectivity index (χ3n) is 10.2. The van der Waals surface area contributed by atoms with E-state index in [0.717, 1.165) is 65.7 Å². The largest absolute Gasteiger partial charge is 2.00 e. The number of benzene rings is 4. The first-order valence-corrected chi connectivity index (χ1v) is 18.9. The van der Waals surface area contributed by atoms with Crippen LogP contribution in [0, 0.1) is 38.8 Å². The van der Waals surface area contributed by atoms with Crippen molar-refractivity contribution in [3.63, 3.8) is 0 Å². The summed E-state index contributed by atoms with van der Waals surface area (Å²) in [4.78, 5) is 4.84. The fraction of sp³-hybridized carbons (Fsp3) is 0.319. The van der Waals surface area contributed by atoms with Gasteiger partial charge in [0.15, 0.2) is 0 Å². The topological polar surface area (TPSA) is 44.9 Å². The number of para-hydroxylation sites is 1. The van der Waals surface area contributed by atoms with Gasteiger partial charge in [0, 0.05) is 34.5 Å². The molecule has 0 saturated carbocycles. The second kappa shape index (κ2) is 16.3. The molecule has 7 rings (SSSR count). The fourth-order valence-corrected chi connectivity index (χ4v) is 7.43. The quantitative estimate of drug-likeness (QED) is 0.115. The molecule has 53 heavy (non-hydrogen) atoms. The van der Waals surface area contributed by atoms with E-state index in [-0.39, 0.29) is 27.0 Å². The molecule has 0 aliphatic carbocycles. The Bertz CT molecular complexity index is 2360. The molecule has 0 fully saturated rings. The molecule has 0 saturated heterocycles. The zero-order valence-electron chi connectivity index (χ0n) is 32.3. The normalized spacial score (nSPS) is 11.6. The molecule has 0 atom stereocenters. The molecule has 0 radical (unpaired) electrons. The second-order valence-corrected chi connectivity index (χ2v) is 15.0. The molecular formula is C47H50N4OPt. The van der Waals surface area contributed by atoms with Gasteiger partial charge in [0.1, 0.15) is 5.82 Å². The van der Waals surface area contributed by atoms with Gasteiger partial charge in [-0.1, -0.05) is 83.0 Å². The first kappa shape index (κ1) is 38.3. The van der Waals surface area contributed by atoms with Crippen molar-refractivity contribution in [2.24, 2.45) is 5.92 Å². The first-order chi connectivity index (χ1) is 25.1. The van der Waals surface area contributed by atoms with Crippen LogP contribution in [0.2, 0.25) is 0 Å². The van der Waals surface area contributed by atoms with Crippen LogP contribution in [0.1, 0.15) is 93.4 Å². The molecule has 4 aromatic carbocycles. The Morgan fingerprint density at radius 1 is 0.774 bits per heavy atom. The van der Waals surface area contributed by atoms with Crippen molar-refractivity contribution in [1.82, 2.24) is 19.3 Å². The van der Waals surface area contributed by atoms with Gasteiger partial charge in [0.25, 0.3) is 0 Å². The Morgan fingerprint density at radius 3 is 2.28 bits per heavy atom. The van der Waals surface area contributed by atoms with Gasteiger partial charge in [-0.15, -0.1) is 41.3 Å². The summed E-state index contributed by atoms with van der Waals surface area (Å²) < 4.78 is 11.1. The summed E-state index contributed by atoms with van der Waals surface area (Å²) in [5.41, 5.74) is 12.7. The van der Waals surface area contributed by atoms with E-state index in [9.17, 15) is 0 Å². The molecule has 6 heteroatoms. The van der Waals surface area contributed by atoms with Crippen molar-refractivity contribution >= 4 is 21.8 Å². The van der Waals surface area contributed by atoms with Crippen LogP contribution in [0.15, 0.2) is 85.1 Å². The number of ether oxygens (including phenoxy) is 1. The maximum atomic E-state index is 6.72. The molecule has 0 unspecified atom stereocenters. The van der Waals surface area contributed by atoms with Crippen LogP contribution in [0.3, 0.4) is 0 Å². The standard InChI is InChI=1S/C47H50N4O.Pt/c1-9-10-16-35-23-24-48-45(25-35)50-42-18-12-11-17-40(42)41-21-20-38(29-44(41)50)52-39-27-36(31(4)5)26-37(28-39)51-43(22-19-30(2)3)47(34(8)49-51)46-32(6)14-13-15-33(46)7;/h11-15,17-18,20-21,23-27,30-31H,9-10,16,19,22H2,1-8H3;/q-2;+2. The van der Waals surface area contributed by atoms with Gasteiger partial charge in [0.05, 0.1) is 5.69 Å². The second-order valence-electron chi connectivity index (χ2n) is 15.0. The molecule has 0 spiro atoms. The number of nitrogens with zero attached hydrogens (tertiary/aromatic N) is 4. The molecule has 3 aromatic heterocycles. The maximum Gasteiger partial charge on any atom is 2.00 e. The van der Waals surface area contributed by atoms with Crippen molar-refractivity contribution in [2.45, 2.75) is 93.4 Å². The number of rotatable bonds is 12. The van der Waals surface area contributed by atoms with E-state index < -0.39 is 0 Å². The Balaban J connectivity index is 0.00000481. The number of hydrogen-bond donors (Lipinski definition) is 0. The van der Waals surface area contributed by atoms with Crippen molar-refractivity contribution in [1.29, 1.82) is 0 Å². The van der Waals surface area contributed by atoms with Gasteiger partial charge in [-0.05, 0) is 110 Å². The third-order valence-corrected chi connectivity index (χ3v) is 10.2. The molecule has 0 aliphatic heterocycles. The van der Waals surface area contributed by atoms with Crippen LogP contribution in [-0.4, -0.2) is 19.3 Å². The zero-order chi connectivity index (χ0) is 36.5. The summed E-state index contributed by atoms with van der Waals surface area (Å²) in [6.45, 7) is 17.8. The summed E-state index contributed by atoms with van der Waals surface area (Å²) in [5.74, 6) is 3.02. The molecule has 0 amide bonds. The van der Waals surface area contributed by atoms with Crippen LogP contribution >= 0.6 is 0 Å². The number of aryl methyl sites for hydroxylation is 4. The Kier molecular flexibility index (Phi) is 11.7. The van der Waals surface area contributed by atoms with E-state index in [2.05, 4.69) is 150 Å². The summed E-state index contributed by atoms with van der Waals surface area (Å²) in [5, 5.41) is 7.50. The van der Waals surface area contributed by atoms with Crippen molar-refractivity contribution in [3.05, 3.63) is 131 Å². The minimum absolute atomic E-state index is 0. The van der Waals surface area contributed by atoms with Gasteiger partial charge in [-0.25, -0.2) is 4.98 Å². The van der Waals surface area contributed by atoms with Crippen molar-refractivity contribution < 1.29 is 25.8 Å². The molecular weight excluding hydrogens is 832 g/mol. The Labute approximate surface area is 329 Å². The molecule has 7 aromatic rings. The smallest absolute Gasteiger partial charge is 0.509 e. The first-order valence-electron chi connectivity index (χ1n) is 18.9. The summed E-state index contributed by atoms with van der Waals surface area (Å²) in [7, 11) is 0. The minimum Gasteiger partial charge on any atom is -0.509 e. The van der Waals surface area contributed by atoms with E-state index in [1.807, 2.05) is 12.3 Å². The van der Waals surface area contributed by atoms with Crippen LogP contribution in [0.4, 0.5) is 0 Å². The van der Waals surface area contributed by atoms with E-state index in [1.165, 1.54) is 44.5 Å². The van der Waals surface area contributed by atoms with E-state index in [0.29, 0.717) is 17.4 Å². The fourth-order valence-electron chi connectivity index (χ4n) is 7.43. The number of hydrogen-bond acceptors (Lipinski definition) is 3. The monoisotopic (exact) mass is 881 g/mol. The van der Waals surface area contributed by atoms with Gasteiger partial charge in [-0.3, -0.25) is 4.68 Å². The molecule has 3 heterocycles. The van der Waals surface area contributed by atoms with Crippen LogP contribution in [0.25, 0.3) is 44.4 Å². The minimum atomic E-state index is 0. The van der Waals surface area contributed by atoms with Gasteiger partial charge in [-0.2, -0.15) is 11.2 Å². The maximum absolute atomic E-state index is 6.72. The van der Waals surface area contributed by atoms with Gasteiger partial charge in [0.2, 0.25) is 0 Å². The predicted octanol–water partition coefficient (Wildman–Crippen LogP) is 12.4. The van der Waals surface area contributed by atoms with Crippen LogP contribution < -0.4 is 4.74 Å². The number of fused-ring (bicyclic) bond motifs is 3. The van der Waals surface area contributed by atoms with E-state index in [1.54, 1.807) is 0 Å². The predicted molar refractivity (Wildman–Crippen MR) is 215 cm³/mol. The van der Waals surface area contributed by atoms with E-state index in [4.69, 9.17) is 14.8 Å². The molecule has 5 nitrogen and oxygen atoms in total. The summed E-state index contributed by atoms with van der Waals surface area (Å²) in [6, 6.07) is 35.2. The Hall–Kier alpha value is -4.47. The average Bonchev–Trinajstić information content (AvgIpc) is 3.63. The molecule has 0 aliphatic rings. The van der Waals surface area contributed by atoms with Crippen LogP contribution in [0.5, 0.6) is 11.5 Å². The van der Waals surface area contributed by atoms with Crippen molar-refractivity contribution in [3.8, 4) is 34.1 Å². The van der Waals surface area contributed by atoms with Gasteiger partial charge >= 0.3 is 21.1 Å². The van der Waals surface area contributed by atoms with Crippen LogP contribution in [-0.2, 0) is 33.9 Å².